The number of halogens is 2. The van der Waals surface area contributed by atoms with E-state index in [9.17, 15) is 4.39 Å². The van der Waals surface area contributed by atoms with E-state index in [1.54, 1.807) is 12.1 Å². The van der Waals surface area contributed by atoms with Crippen molar-refractivity contribution < 1.29 is 4.39 Å². The summed E-state index contributed by atoms with van der Waals surface area (Å²) in [6.45, 7) is 3.95. The van der Waals surface area contributed by atoms with E-state index in [0.717, 1.165) is 44.1 Å². The monoisotopic (exact) mass is 282 g/mol. The number of hydrogen-bond donors (Lipinski definition) is 1. The van der Waals surface area contributed by atoms with Gasteiger partial charge in [0, 0.05) is 24.2 Å². The van der Waals surface area contributed by atoms with Crippen molar-refractivity contribution >= 4 is 11.6 Å². The zero-order valence-corrected chi connectivity index (χ0v) is 11.8. The lowest BCUT2D eigenvalue weighted by Gasteiger charge is -2.24. The Kier molecular flexibility index (Phi) is 4.06. The lowest BCUT2D eigenvalue weighted by Crippen LogP contribution is -2.39. The maximum absolute atomic E-state index is 13.3. The van der Waals surface area contributed by atoms with Gasteiger partial charge in [0.15, 0.2) is 0 Å². The van der Waals surface area contributed by atoms with E-state index in [4.69, 9.17) is 11.6 Å². The van der Waals surface area contributed by atoms with Crippen LogP contribution in [0, 0.1) is 11.7 Å². The number of rotatable bonds is 3. The molecule has 1 saturated carbocycles. The van der Waals surface area contributed by atoms with Gasteiger partial charge >= 0.3 is 0 Å². The predicted molar refractivity (Wildman–Crippen MR) is 75.8 cm³/mol. The Labute approximate surface area is 118 Å². The van der Waals surface area contributed by atoms with Gasteiger partial charge in [0.25, 0.3) is 0 Å². The molecule has 2 aliphatic rings. The molecule has 19 heavy (non-hydrogen) atoms. The fourth-order valence-electron chi connectivity index (χ4n) is 2.89. The Hall–Kier alpha value is -0.640. The molecule has 0 amide bonds. The molecule has 2 nitrogen and oxygen atoms in total. The van der Waals surface area contributed by atoms with Crippen LogP contribution in [-0.4, -0.2) is 30.6 Å². The molecular formula is C15H20ClFN2. The summed E-state index contributed by atoms with van der Waals surface area (Å²) in [5.41, 5.74) is 0.901. The minimum atomic E-state index is -0.203. The maximum atomic E-state index is 13.3. The van der Waals surface area contributed by atoms with E-state index in [1.807, 2.05) is 0 Å². The first-order chi connectivity index (χ1) is 9.22. The molecule has 2 fully saturated rings. The first-order valence-corrected chi connectivity index (χ1v) is 7.50. The van der Waals surface area contributed by atoms with E-state index >= 15 is 0 Å². The zero-order valence-electron chi connectivity index (χ0n) is 11.0. The molecule has 1 saturated heterocycles. The third-order valence-corrected chi connectivity index (χ3v) is 4.47. The number of nitrogens with zero attached hydrogens (tertiary/aromatic N) is 1. The zero-order chi connectivity index (χ0) is 13.2. The van der Waals surface area contributed by atoms with Crippen LogP contribution in [0.15, 0.2) is 18.2 Å². The van der Waals surface area contributed by atoms with Crippen molar-refractivity contribution in [2.45, 2.75) is 31.8 Å². The van der Waals surface area contributed by atoms with Crippen LogP contribution in [0.5, 0.6) is 0 Å². The molecule has 0 radical (unpaired) electrons. The normalized spacial score (nSPS) is 25.3. The first kappa shape index (κ1) is 13.3. The Bertz CT molecular complexity index is 448. The van der Waals surface area contributed by atoms with Crippen molar-refractivity contribution in [3.05, 3.63) is 34.6 Å². The molecule has 1 aliphatic heterocycles. The summed E-state index contributed by atoms with van der Waals surface area (Å²) in [5, 5.41) is 4.30. The highest BCUT2D eigenvalue weighted by atomic mass is 35.5. The molecule has 104 valence electrons. The summed E-state index contributed by atoms with van der Waals surface area (Å²) in [6, 6.07) is 5.24. The third-order valence-electron chi connectivity index (χ3n) is 4.11. The fraction of sp³-hybridized carbons (Fsp3) is 0.600. The second-order valence-electron chi connectivity index (χ2n) is 5.72. The fourth-order valence-corrected chi connectivity index (χ4v) is 3.06. The van der Waals surface area contributed by atoms with Gasteiger partial charge in [0.1, 0.15) is 5.82 Å². The molecule has 1 aromatic rings. The van der Waals surface area contributed by atoms with Crippen molar-refractivity contribution in [2.75, 3.05) is 19.6 Å². The Balaban J connectivity index is 1.68. The predicted octanol–water partition coefficient (Wildman–Crippen LogP) is 3.05. The molecule has 0 bridgehead atoms. The molecule has 4 heteroatoms. The summed E-state index contributed by atoms with van der Waals surface area (Å²) >= 11 is 6.16. The average molecular weight is 283 g/mol. The van der Waals surface area contributed by atoms with Gasteiger partial charge in [-0.1, -0.05) is 11.6 Å². The van der Waals surface area contributed by atoms with Crippen molar-refractivity contribution in [2.24, 2.45) is 5.92 Å². The van der Waals surface area contributed by atoms with Gasteiger partial charge in [-0.2, -0.15) is 0 Å². The molecule has 1 atom stereocenters. The Morgan fingerprint density at radius 1 is 1.37 bits per heavy atom. The summed E-state index contributed by atoms with van der Waals surface area (Å²) in [6.07, 6.45) is 3.86. The van der Waals surface area contributed by atoms with Gasteiger partial charge < -0.3 is 5.32 Å². The van der Waals surface area contributed by atoms with E-state index in [2.05, 4.69) is 10.2 Å². The Morgan fingerprint density at radius 2 is 2.21 bits per heavy atom. The second-order valence-corrected chi connectivity index (χ2v) is 6.13. The van der Waals surface area contributed by atoms with Crippen LogP contribution < -0.4 is 5.32 Å². The van der Waals surface area contributed by atoms with Crippen LogP contribution in [0.1, 0.15) is 24.8 Å². The molecule has 3 rings (SSSR count). The van der Waals surface area contributed by atoms with Crippen LogP contribution >= 0.6 is 11.6 Å². The van der Waals surface area contributed by atoms with Crippen molar-refractivity contribution in [1.29, 1.82) is 0 Å². The number of nitrogens with one attached hydrogen (secondary N) is 1. The smallest absolute Gasteiger partial charge is 0.123 e. The topological polar surface area (TPSA) is 15.3 Å². The van der Waals surface area contributed by atoms with Crippen LogP contribution in [0.3, 0.4) is 0 Å². The summed E-state index contributed by atoms with van der Waals surface area (Å²) in [4.78, 5) is 2.41. The van der Waals surface area contributed by atoms with Gasteiger partial charge in [-0.05, 0) is 62.0 Å². The lowest BCUT2D eigenvalue weighted by atomic mass is 10.1. The molecule has 1 unspecified atom stereocenters. The molecule has 0 spiro atoms. The SMILES string of the molecule is Fc1ccc(Cl)c(CN2CCCNC(C3CC3)C2)c1. The van der Waals surface area contributed by atoms with Crippen LogP contribution in [0.2, 0.25) is 5.02 Å². The molecule has 1 aromatic carbocycles. The lowest BCUT2D eigenvalue weighted by molar-refractivity contribution is 0.250. The minimum absolute atomic E-state index is 0.203. The highest BCUT2D eigenvalue weighted by Gasteiger charge is 2.33. The van der Waals surface area contributed by atoms with Crippen molar-refractivity contribution in [3.8, 4) is 0 Å². The average Bonchev–Trinajstić information content (AvgIpc) is 3.20. The van der Waals surface area contributed by atoms with Gasteiger partial charge in [-0.15, -0.1) is 0 Å². The summed E-state index contributed by atoms with van der Waals surface area (Å²) < 4.78 is 13.3. The Morgan fingerprint density at radius 3 is 3.00 bits per heavy atom. The molecular weight excluding hydrogens is 263 g/mol. The standard InChI is InChI=1S/C15H20ClFN2/c16-14-5-4-13(17)8-12(14)9-19-7-1-6-18-15(10-19)11-2-3-11/h4-5,8,11,15,18H,1-3,6-7,9-10H2. The van der Waals surface area contributed by atoms with E-state index in [0.29, 0.717) is 11.1 Å². The quantitative estimate of drug-likeness (QED) is 0.917. The number of benzene rings is 1. The van der Waals surface area contributed by atoms with Gasteiger partial charge in [0.05, 0.1) is 0 Å². The highest BCUT2D eigenvalue weighted by Crippen LogP contribution is 2.33. The first-order valence-electron chi connectivity index (χ1n) is 7.12. The van der Waals surface area contributed by atoms with Gasteiger partial charge in [-0.25, -0.2) is 4.39 Å². The van der Waals surface area contributed by atoms with Crippen LogP contribution in [0.25, 0.3) is 0 Å². The largest absolute Gasteiger partial charge is 0.312 e. The number of hydrogen-bond acceptors (Lipinski definition) is 2. The van der Waals surface area contributed by atoms with Crippen LogP contribution in [0.4, 0.5) is 4.39 Å². The van der Waals surface area contributed by atoms with Crippen molar-refractivity contribution in [3.63, 3.8) is 0 Å². The van der Waals surface area contributed by atoms with E-state index in [-0.39, 0.29) is 5.82 Å². The summed E-state index contributed by atoms with van der Waals surface area (Å²) in [5.74, 6) is 0.648. The highest BCUT2D eigenvalue weighted by molar-refractivity contribution is 6.31. The minimum Gasteiger partial charge on any atom is -0.312 e. The van der Waals surface area contributed by atoms with Crippen molar-refractivity contribution in [1.82, 2.24) is 10.2 Å². The third kappa shape index (κ3) is 3.47. The van der Waals surface area contributed by atoms with Gasteiger partial charge in [0.2, 0.25) is 0 Å². The van der Waals surface area contributed by atoms with E-state index in [1.165, 1.54) is 18.9 Å². The van der Waals surface area contributed by atoms with E-state index < -0.39 is 0 Å². The summed E-state index contributed by atoms with van der Waals surface area (Å²) in [7, 11) is 0. The maximum Gasteiger partial charge on any atom is 0.123 e. The second kappa shape index (κ2) is 5.78. The molecule has 1 N–H and O–H groups in total. The molecule has 1 heterocycles. The van der Waals surface area contributed by atoms with Gasteiger partial charge in [-0.3, -0.25) is 4.90 Å². The molecule has 1 aliphatic carbocycles. The van der Waals surface area contributed by atoms with Crippen LogP contribution in [-0.2, 0) is 6.54 Å². The molecule has 0 aromatic heterocycles.